The van der Waals surface area contributed by atoms with Crippen LogP contribution in [0.5, 0.6) is 0 Å². The minimum Gasteiger partial charge on any atom is -0.491 e. The van der Waals surface area contributed by atoms with E-state index in [0.717, 1.165) is 17.3 Å². The van der Waals surface area contributed by atoms with Crippen LogP contribution in [0.2, 0.25) is 0 Å². The predicted molar refractivity (Wildman–Crippen MR) is 70.8 cm³/mol. The molecule has 102 valence electrons. The summed E-state index contributed by atoms with van der Waals surface area (Å²) in [6.45, 7) is 0.752. The smallest absolute Gasteiger partial charge is 0.306 e. The molecule has 0 spiro atoms. The molecule has 0 radical (unpaired) electrons. The fraction of sp³-hybridized carbons (Fsp3) is 0.583. The number of carbonyl (C=O) groups is 1. The van der Waals surface area contributed by atoms with E-state index in [1.54, 1.807) is 26.0 Å². The van der Waals surface area contributed by atoms with Crippen LogP contribution in [0.15, 0.2) is 22.6 Å². The Hall–Kier alpha value is -1.30. The van der Waals surface area contributed by atoms with E-state index in [1.807, 2.05) is 18.0 Å². The summed E-state index contributed by atoms with van der Waals surface area (Å²) >= 11 is 1.63. The standard InChI is InChI=1S/C12H19NO4S/c1-13-8-9(18-6-5-11(14)16-3)7-10(15-2)12(13)17-4/h7H,5-6,8H2,1-4H3. The Balaban J connectivity index is 2.60. The molecule has 0 aromatic heterocycles. The molecule has 0 saturated carbocycles. The van der Waals surface area contributed by atoms with E-state index in [0.29, 0.717) is 17.9 Å². The zero-order valence-electron chi connectivity index (χ0n) is 11.2. The first-order chi connectivity index (χ1) is 8.62. The SMILES string of the molecule is COC(=O)CCSC1=CC(OC)=C(OC)N(C)C1. The van der Waals surface area contributed by atoms with Gasteiger partial charge in [0.2, 0.25) is 5.88 Å². The number of thioether (sulfide) groups is 1. The van der Waals surface area contributed by atoms with E-state index in [4.69, 9.17) is 9.47 Å². The Kier molecular flexibility index (Phi) is 5.91. The van der Waals surface area contributed by atoms with Crippen LogP contribution in [-0.4, -0.2) is 51.5 Å². The largest absolute Gasteiger partial charge is 0.491 e. The van der Waals surface area contributed by atoms with Crippen LogP contribution < -0.4 is 0 Å². The number of hydrogen-bond donors (Lipinski definition) is 0. The van der Waals surface area contributed by atoms with E-state index in [1.165, 1.54) is 7.11 Å². The minimum absolute atomic E-state index is 0.188. The summed E-state index contributed by atoms with van der Waals surface area (Å²) in [5.74, 6) is 1.93. The van der Waals surface area contributed by atoms with Crippen LogP contribution in [0, 0.1) is 0 Å². The highest BCUT2D eigenvalue weighted by atomic mass is 32.2. The van der Waals surface area contributed by atoms with E-state index in [-0.39, 0.29) is 5.97 Å². The lowest BCUT2D eigenvalue weighted by Gasteiger charge is -2.27. The predicted octanol–water partition coefficient (Wildman–Crippen LogP) is 1.57. The number of allylic oxidation sites excluding steroid dienone is 1. The second-order valence-electron chi connectivity index (χ2n) is 3.72. The normalized spacial score (nSPS) is 15.3. The molecule has 1 aliphatic rings. The fourth-order valence-electron chi connectivity index (χ4n) is 1.60. The number of hydrogen-bond acceptors (Lipinski definition) is 6. The van der Waals surface area contributed by atoms with E-state index in [9.17, 15) is 4.79 Å². The number of methoxy groups -OCH3 is 3. The molecule has 5 nitrogen and oxygen atoms in total. The van der Waals surface area contributed by atoms with Gasteiger partial charge in [0.25, 0.3) is 0 Å². The lowest BCUT2D eigenvalue weighted by Crippen LogP contribution is -2.26. The quantitative estimate of drug-likeness (QED) is 0.685. The van der Waals surface area contributed by atoms with Crippen molar-refractivity contribution in [3.63, 3.8) is 0 Å². The van der Waals surface area contributed by atoms with Crippen molar-refractivity contribution in [2.24, 2.45) is 0 Å². The van der Waals surface area contributed by atoms with Crippen molar-refractivity contribution in [1.82, 2.24) is 4.90 Å². The highest BCUT2D eigenvalue weighted by Gasteiger charge is 2.19. The second kappa shape index (κ2) is 7.20. The average molecular weight is 273 g/mol. The third-order valence-electron chi connectivity index (χ3n) is 2.48. The Morgan fingerprint density at radius 1 is 1.39 bits per heavy atom. The number of nitrogens with zero attached hydrogens (tertiary/aromatic N) is 1. The van der Waals surface area contributed by atoms with Gasteiger partial charge in [0.1, 0.15) is 0 Å². The molecule has 0 unspecified atom stereocenters. The molecule has 0 aromatic rings. The van der Waals surface area contributed by atoms with E-state index in [2.05, 4.69) is 4.74 Å². The Morgan fingerprint density at radius 3 is 2.67 bits per heavy atom. The van der Waals surface area contributed by atoms with Crippen LogP contribution >= 0.6 is 11.8 Å². The van der Waals surface area contributed by atoms with Crippen molar-refractivity contribution < 1.29 is 19.0 Å². The summed E-state index contributed by atoms with van der Waals surface area (Å²) in [5, 5.41) is 0. The fourth-order valence-corrected chi connectivity index (χ4v) is 2.61. The molecule has 6 heteroatoms. The van der Waals surface area contributed by atoms with E-state index < -0.39 is 0 Å². The summed E-state index contributed by atoms with van der Waals surface area (Å²) in [7, 11) is 6.57. The summed E-state index contributed by atoms with van der Waals surface area (Å²) in [6.07, 6.45) is 2.35. The summed E-state index contributed by atoms with van der Waals surface area (Å²) in [4.78, 5) is 14.1. The Morgan fingerprint density at radius 2 is 2.11 bits per heavy atom. The van der Waals surface area contributed by atoms with Crippen molar-refractivity contribution in [2.45, 2.75) is 6.42 Å². The summed E-state index contributed by atoms with van der Waals surface area (Å²) in [6, 6.07) is 0. The maximum absolute atomic E-state index is 11.0. The second-order valence-corrected chi connectivity index (χ2v) is 4.94. The van der Waals surface area contributed by atoms with Crippen LogP contribution in [-0.2, 0) is 19.0 Å². The molecule has 1 rings (SSSR count). The number of esters is 1. The maximum Gasteiger partial charge on any atom is 0.306 e. The van der Waals surface area contributed by atoms with E-state index >= 15 is 0 Å². The maximum atomic E-state index is 11.0. The number of rotatable bonds is 6. The topological polar surface area (TPSA) is 48.0 Å². The highest BCUT2D eigenvalue weighted by molar-refractivity contribution is 8.03. The molecule has 0 atom stereocenters. The molecule has 0 saturated heterocycles. The Bertz CT molecular complexity index is 365. The van der Waals surface area contributed by atoms with Crippen LogP contribution in [0.3, 0.4) is 0 Å². The van der Waals surface area contributed by atoms with Crippen LogP contribution in [0.4, 0.5) is 0 Å². The molecule has 0 aromatic carbocycles. The zero-order valence-corrected chi connectivity index (χ0v) is 12.0. The van der Waals surface area contributed by atoms with Gasteiger partial charge in [-0.15, -0.1) is 11.8 Å². The van der Waals surface area contributed by atoms with Gasteiger partial charge >= 0.3 is 5.97 Å². The molecule has 1 heterocycles. The first-order valence-corrected chi connectivity index (χ1v) is 6.54. The summed E-state index contributed by atoms with van der Waals surface area (Å²) in [5.41, 5.74) is 0. The zero-order chi connectivity index (χ0) is 13.5. The highest BCUT2D eigenvalue weighted by Crippen LogP contribution is 2.27. The van der Waals surface area contributed by atoms with Gasteiger partial charge in [-0.05, 0) is 6.08 Å². The molecule has 18 heavy (non-hydrogen) atoms. The van der Waals surface area contributed by atoms with Crippen molar-refractivity contribution in [1.29, 1.82) is 0 Å². The Labute approximate surface area is 112 Å². The number of likely N-dealkylation sites (N-methyl/N-ethyl adjacent to an activating group) is 1. The summed E-state index contributed by atoms with van der Waals surface area (Å²) < 4.78 is 15.1. The number of carbonyl (C=O) groups excluding carboxylic acids is 1. The van der Waals surface area contributed by atoms with Crippen molar-refractivity contribution >= 4 is 17.7 Å². The van der Waals surface area contributed by atoms with Crippen molar-refractivity contribution in [3.8, 4) is 0 Å². The molecular weight excluding hydrogens is 254 g/mol. The van der Waals surface area contributed by atoms with Gasteiger partial charge in [0.15, 0.2) is 5.76 Å². The molecule has 0 N–H and O–H groups in total. The molecular formula is C12H19NO4S. The lowest BCUT2D eigenvalue weighted by molar-refractivity contribution is -0.140. The molecule has 1 aliphatic heterocycles. The van der Waals surface area contributed by atoms with Gasteiger partial charge in [-0.25, -0.2) is 0 Å². The molecule has 0 aliphatic carbocycles. The van der Waals surface area contributed by atoms with Crippen molar-refractivity contribution in [2.75, 3.05) is 40.7 Å². The van der Waals surface area contributed by atoms with Crippen molar-refractivity contribution in [3.05, 3.63) is 22.6 Å². The van der Waals surface area contributed by atoms with Gasteiger partial charge in [-0.1, -0.05) is 0 Å². The first kappa shape index (κ1) is 14.8. The first-order valence-electron chi connectivity index (χ1n) is 5.56. The van der Waals surface area contributed by atoms with Gasteiger partial charge in [-0.2, -0.15) is 0 Å². The molecule has 0 amide bonds. The third-order valence-corrected chi connectivity index (χ3v) is 3.50. The van der Waals surface area contributed by atoms with Gasteiger partial charge in [-0.3, -0.25) is 4.79 Å². The van der Waals surface area contributed by atoms with Gasteiger partial charge in [0, 0.05) is 17.7 Å². The minimum atomic E-state index is -0.188. The van der Waals surface area contributed by atoms with Gasteiger partial charge < -0.3 is 19.1 Å². The molecule has 0 bridgehead atoms. The van der Waals surface area contributed by atoms with Crippen LogP contribution in [0.1, 0.15) is 6.42 Å². The number of ether oxygens (including phenoxy) is 3. The van der Waals surface area contributed by atoms with Gasteiger partial charge in [0.05, 0.1) is 34.3 Å². The molecule has 0 fully saturated rings. The lowest BCUT2D eigenvalue weighted by atomic mass is 10.3. The third kappa shape index (κ3) is 3.87. The monoisotopic (exact) mass is 273 g/mol. The van der Waals surface area contributed by atoms with Crippen LogP contribution in [0.25, 0.3) is 0 Å². The average Bonchev–Trinajstić information content (AvgIpc) is 2.37.